The minimum absolute atomic E-state index is 0.0431. The molecular formula is C24H23ClF4N2O3S. The zero-order chi connectivity index (χ0) is 26.1. The van der Waals surface area contributed by atoms with Gasteiger partial charge in [0.05, 0.1) is 10.8 Å². The van der Waals surface area contributed by atoms with Crippen LogP contribution >= 0.6 is 11.6 Å². The van der Waals surface area contributed by atoms with Crippen molar-refractivity contribution < 1.29 is 30.8 Å². The zero-order valence-corrected chi connectivity index (χ0v) is 20.7. The van der Waals surface area contributed by atoms with Gasteiger partial charge in [0.2, 0.25) is 0 Å². The molecular weight excluding hydrogens is 508 g/mol. The molecule has 0 fully saturated rings. The highest BCUT2D eigenvalue weighted by Crippen LogP contribution is 2.42. The molecule has 1 amide bonds. The summed E-state index contributed by atoms with van der Waals surface area (Å²) in [5, 5.41) is -0.218. The van der Waals surface area contributed by atoms with E-state index >= 15 is 0 Å². The van der Waals surface area contributed by atoms with Crippen LogP contribution in [0.3, 0.4) is 0 Å². The van der Waals surface area contributed by atoms with E-state index in [1.54, 1.807) is 30.3 Å². The zero-order valence-electron chi connectivity index (χ0n) is 19.2. The van der Waals surface area contributed by atoms with Gasteiger partial charge in [0.1, 0.15) is 27.0 Å². The van der Waals surface area contributed by atoms with Crippen molar-refractivity contribution in [2.24, 2.45) is 0 Å². The maximum Gasteiger partial charge on any atom is 0.431 e. The van der Waals surface area contributed by atoms with Crippen molar-refractivity contribution in [2.75, 3.05) is 25.6 Å². The number of alkyl halides is 3. The van der Waals surface area contributed by atoms with E-state index in [0.717, 1.165) is 21.8 Å². The Morgan fingerprint density at radius 3 is 2.29 bits per heavy atom. The molecule has 2 aromatic carbocycles. The minimum atomic E-state index is -4.83. The van der Waals surface area contributed by atoms with Crippen molar-refractivity contribution >= 4 is 27.3 Å². The molecule has 3 aromatic rings. The highest BCUT2D eigenvalue weighted by atomic mass is 35.5. The standard InChI is InChI=1S/C24H23ClF4N2O3S/c1-15-20(17-9-10-18(25)19(26)13-17)21(23(32)30(2)11-12-35(3,33)34)31(22(15)24(27,28)29)14-16-7-5-4-6-8-16/h4-10,13H,11-12,14H2,1-3H3. The third-order valence-corrected chi connectivity index (χ3v) is 6.74. The second kappa shape index (κ2) is 10.0. The lowest BCUT2D eigenvalue weighted by Gasteiger charge is -2.21. The molecule has 0 unspecified atom stereocenters. The lowest BCUT2D eigenvalue weighted by Crippen LogP contribution is -2.33. The third-order valence-electron chi connectivity index (χ3n) is 5.51. The van der Waals surface area contributed by atoms with Crippen LogP contribution in [0, 0.1) is 12.7 Å². The molecule has 0 aliphatic heterocycles. The van der Waals surface area contributed by atoms with Crippen LogP contribution in [-0.2, 0) is 22.6 Å². The highest BCUT2D eigenvalue weighted by Gasteiger charge is 2.41. The van der Waals surface area contributed by atoms with Crippen LogP contribution in [0.1, 0.15) is 27.3 Å². The van der Waals surface area contributed by atoms with E-state index in [1.165, 1.54) is 26.1 Å². The molecule has 35 heavy (non-hydrogen) atoms. The number of carbonyl (C=O) groups excluding carboxylic acids is 1. The molecule has 0 saturated carbocycles. The van der Waals surface area contributed by atoms with Gasteiger partial charge in [-0.2, -0.15) is 13.2 Å². The molecule has 11 heteroatoms. The number of aromatic nitrogens is 1. The van der Waals surface area contributed by atoms with Gasteiger partial charge in [0, 0.05) is 32.0 Å². The number of amides is 1. The molecule has 188 valence electrons. The molecule has 0 radical (unpaired) electrons. The largest absolute Gasteiger partial charge is 0.431 e. The van der Waals surface area contributed by atoms with Crippen LogP contribution in [0.5, 0.6) is 0 Å². The van der Waals surface area contributed by atoms with E-state index in [9.17, 15) is 30.8 Å². The summed E-state index contributed by atoms with van der Waals surface area (Å²) < 4.78 is 81.3. The van der Waals surface area contributed by atoms with Crippen LogP contribution in [0.4, 0.5) is 17.6 Å². The normalized spacial score (nSPS) is 12.1. The Labute approximate surface area is 205 Å². The molecule has 1 heterocycles. The number of halogens is 5. The number of benzene rings is 2. The summed E-state index contributed by atoms with van der Waals surface area (Å²) in [5.41, 5.74) is -1.17. The highest BCUT2D eigenvalue weighted by molar-refractivity contribution is 7.90. The van der Waals surface area contributed by atoms with E-state index in [2.05, 4.69) is 0 Å². The summed E-state index contributed by atoms with van der Waals surface area (Å²) in [7, 11) is -2.13. The van der Waals surface area contributed by atoms with Crippen molar-refractivity contribution in [2.45, 2.75) is 19.6 Å². The number of hydrogen-bond donors (Lipinski definition) is 0. The van der Waals surface area contributed by atoms with Gasteiger partial charge < -0.3 is 9.47 Å². The summed E-state index contributed by atoms with van der Waals surface area (Å²) >= 11 is 5.77. The van der Waals surface area contributed by atoms with Gasteiger partial charge in [-0.25, -0.2) is 12.8 Å². The van der Waals surface area contributed by atoms with Crippen molar-refractivity contribution in [1.29, 1.82) is 0 Å². The third kappa shape index (κ3) is 6.05. The lowest BCUT2D eigenvalue weighted by atomic mass is 10.00. The molecule has 0 saturated heterocycles. The molecule has 0 bridgehead atoms. The average Bonchev–Trinajstić information content (AvgIpc) is 3.05. The minimum Gasteiger partial charge on any atom is -0.339 e. The SMILES string of the molecule is Cc1c(-c2ccc(Cl)c(F)c2)c(C(=O)N(C)CCS(C)(=O)=O)n(Cc2ccccc2)c1C(F)(F)F. The summed E-state index contributed by atoms with van der Waals surface area (Å²) in [6, 6.07) is 11.8. The molecule has 0 atom stereocenters. The Morgan fingerprint density at radius 2 is 1.74 bits per heavy atom. The number of hydrogen-bond acceptors (Lipinski definition) is 3. The maximum atomic E-state index is 14.3. The number of sulfone groups is 1. The first-order chi connectivity index (χ1) is 16.2. The summed E-state index contributed by atoms with van der Waals surface area (Å²) in [6.45, 7) is 0.704. The number of rotatable bonds is 7. The second-order valence-electron chi connectivity index (χ2n) is 8.25. The van der Waals surface area contributed by atoms with Gasteiger partial charge in [-0.3, -0.25) is 4.79 Å². The van der Waals surface area contributed by atoms with Crippen LogP contribution in [0.25, 0.3) is 11.1 Å². The average molecular weight is 531 g/mol. The van der Waals surface area contributed by atoms with Gasteiger partial charge in [-0.15, -0.1) is 0 Å². The topological polar surface area (TPSA) is 59.4 Å². The molecule has 5 nitrogen and oxygen atoms in total. The van der Waals surface area contributed by atoms with E-state index in [0.29, 0.717) is 5.56 Å². The van der Waals surface area contributed by atoms with E-state index < -0.39 is 33.4 Å². The predicted octanol–water partition coefficient (Wildman–Crippen LogP) is 5.44. The molecule has 0 aliphatic carbocycles. The Hall–Kier alpha value is -2.85. The lowest BCUT2D eigenvalue weighted by molar-refractivity contribution is -0.143. The molecule has 3 rings (SSSR count). The smallest absolute Gasteiger partial charge is 0.339 e. The van der Waals surface area contributed by atoms with E-state index in [1.807, 2.05) is 0 Å². The van der Waals surface area contributed by atoms with Crippen molar-refractivity contribution in [3.63, 3.8) is 0 Å². The van der Waals surface area contributed by atoms with Crippen LogP contribution in [0.15, 0.2) is 48.5 Å². The Balaban J connectivity index is 2.31. The summed E-state index contributed by atoms with van der Waals surface area (Å²) in [5.74, 6) is -2.05. The van der Waals surface area contributed by atoms with E-state index in [4.69, 9.17) is 11.6 Å². The predicted molar refractivity (Wildman–Crippen MR) is 127 cm³/mol. The molecule has 0 N–H and O–H groups in total. The van der Waals surface area contributed by atoms with Gasteiger partial charge in [0.15, 0.2) is 0 Å². The van der Waals surface area contributed by atoms with Crippen LogP contribution < -0.4 is 0 Å². The number of nitrogens with zero attached hydrogens (tertiary/aromatic N) is 2. The monoisotopic (exact) mass is 530 g/mol. The first kappa shape index (κ1) is 26.7. The molecule has 0 aliphatic rings. The fourth-order valence-corrected chi connectivity index (χ4v) is 4.57. The van der Waals surface area contributed by atoms with Crippen LogP contribution in [0.2, 0.25) is 5.02 Å². The number of carbonyl (C=O) groups is 1. The molecule has 1 aromatic heterocycles. The second-order valence-corrected chi connectivity index (χ2v) is 10.9. The van der Waals surface area contributed by atoms with Crippen LogP contribution in [-0.4, -0.2) is 49.4 Å². The Morgan fingerprint density at radius 1 is 1.11 bits per heavy atom. The van der Waals surface area contributed by atoms with Crippen molar-refractivity contribution in [3.8, 4) is 11.1 Å². The summed E-state index contributed by atoms with van der Waals surface area (Å²) in [6.07, 6.45) is -3.83. The van der Waals surface area contributed by atoms with Gasteiger partial charge >= 0.3 is 6.18 Å². The van der Waals surface area contributed by atoms with Crippen molar-refractivity contribution in [1.82, 2.24) is 9.47 Å². The fraction of sp³-hybridized carbons (Fsp3) is 0.292. The Bertz CT molecular complexity index is 1350. The fourth-order valence-electron chi connectivity index (χ4n) is 3.85. The Kier molecular flexibility index (Phi) is 7.66. The summed E-state index contributed by atoms with van der Waals surface area (Å²) in [4.78, 5) is 14.6. The quantitative estimate of drug-likeness (QED) is 0.382. The first-order valence-corrected chi connectivity index (χ1v) is 12.9. The first-order valence-electron chi connectivity index (χ1n) is 10.4. The molecule has 0 spiro atoms. The van der Waals surface area contributed by atoms with Crippen molar-refractivity contribution in [3.05, 3.63) is 81.9 Å². The van der Waals surface area contributed by atoms with Gasteiger partial charge in [0.25, 0.3) is 5.91 Å². The maximum absolute atomic E-state index is 14.3. The van der Waals surface area contributed by atoms with E-state index in [-0.39, 0.29) is 46.2 Å². The van der Waals surface area contributed by atoms with Gasteiger partial charge in [-0.1, -0.05) is 48.0 Å². The van der Waals surface area contributed by atoms with Gasteiger partial charge in [-0.05, 0) is 35.7 Å².